The van der Waals surface area contributed by atoms with Crippen molar-refractivity contribution in [3.8, 4) is 0 Å². The van der Waals surface area contributed by atoms with E-state index in [0.29, 0.717) is 19.8 Å². The summed E-state index contributed by atoms with van der Waals surface area (Å²) in [5, 5.41) is 2.85. The van der Waals surface area contributed by atoms with Crippen LogP contribution in [-0.2, 0) is 14.3 Å². The number of esters is 1. The molecule has 0 spiro atoms. The van der Waals surface area contributed by atoms with Crippen LogP contribution in [0.2, 0.25) is 0 Å². The van der Waals surface area contributed by atoms with Crippen LogP contribution >= 0.6 is 0 Å². The largest absolute Gasteiger partial charge is 0.469 e. The summed E-state index contributed by atoms with van der Waals surface area (Å²) in [4.78, 5) is 24.5. The third-order valence-electron chi connectivity index (χ3n) is 2.76. The summed E-state index contributed by atoms with van der Waals surface area (Å²) in [7, 11) is 3.00. The van der Waals surface area contributed by atoms with Gasteiger partial charge in [-0.3, -0.25) is 4.79 Å². The van der Waals surface area contributed by atoms with Gasteiger partial charge in [-0.1, -0.05) is 6.92 Å². The number of carbonyl (C=O) groups is 2. The third-order valence-corrected chi connectivity index (χ3v) is 2.76. The van der Waals surface area contributed by atoms with Gasteiger partial charge < -0.3 is 19.7 Å². The molecule has 0 saturated carbocycles. The minimum Gasteiger partial charge on any atom is -0.469 e. The first kappa shape index (κ1) is 13.8. The lowest BCUT2D eigenvalue weighted by molar-refractivity contribution is -0.145. The van der Waals surface area contributed by atoms with Gasteiger partial charge in [-0.15, -0.1) is 0 Å². The topological polar surface area (TPSA) is 67.9 Å². The molecule has 0 radical (unpaired) electrons. The SMILES string of the molecule is COC(=O)C(C)CN(C)C(=O)NC1CCOC1. The maximum absolute atomic E-state index is 11.8. The number of hydrogen-bond acceptors (Lipinski definition) is 4. The fraction of sp³-hybridized carbons (Fsp3) is 0.818. The first-order valence-corrected chi connectivity index (χ1v) is 5.71. The molecule has 2 amide bonds. The number of hydrogen-bond donors (Lipinski definition) is 1. The Labute approximate surface area is 101 Å². The van der Waals surface area contributed by atoms with Gasteiger partial charge in [-0.05, 0) is 6.42 Å². The fourth-order valence-corrected chi connectivity index (χ4v) is 1.70. The van der Waals surface area contributed by atoms with Gasteiger partial charge in [-0.25, -0.2) is 4.79 Å². The van der Waals surface area contributed by atoms with Gasteiger partial charge in [-0.2, -0.15) is 0 Å². The molecule has 2 unspecified atom stereocenters. The maximum atomic E-state index is 11.8. The van der Waals surface area contributed by atoms with Crippen LogP contribution in [0.25, 0.3) is 0 Å². The number of ether oxygens (including phenoxy) is 2. The molecule has 0 bridgehead atoms. The van der Waals surface area contributed by atoms with Gasteiger partial charge in [0.25, 0.3) is 0 Å². The number of nitrogens with one attached hydrogen (secondary N) is 1. The van der Waals surface area contributed by atoms with Crippen LogP contribution < -0.4 is 5.32 Å². The van der Waals surface area contributed by atoms with Crippen molar-refractivity contribution < 1.29 is 19.1 Å². The molecule has 6 nitrogen and oxygen atoms in total. The highest BCUT2D eigenvalue weighted by atomic mass is 16.5. The molecule has 1 N–H and O–H groups in total. The summed E-state index contributed by atoms with van der Waals surface area (Å²) in [5.41, 5.74) is 0. The van der Waals surface area contributed by atoms with E-state index in [1.807, 2.05) is 0 Å². The fourth-order valence-electron chi connectivity index (χ4n) is 1.70. The lowest BCUT2D eigenvalue weighted by atomic mass is 10.2. The second kappa shape index (κ2) is 6.44. The standard InChI is InChI=1S/C11H20N2O4/c1-8(10(14)16-3)6-13(2)11(15)12-9-4-5-17-7-9/h8-9H,4-7H2,1-3H3,(H,12,15). The zero-order valence-corrected chi connectivity index (χ0v) is 10.6. The normalized spacial score (nSPS) is 20.8. The molecular formula is C11H20N2O4. The van der Waals surface area contributed by atoms with Gasteiger partial charge in [0, 0.05) is 20.2 Å². The van der Waals surface area contributed by atoms with Crippen molar-refractivity contribution in [2.75, 3.05) is 33.9 Å². The second-order valence-corrected chi connectivity index (χ2v) is 4.31. The molecule has 1 saturated heterocycles. The van der Waals surface area contributed by atoms with Crippen molar-refractivity contribution in [2.24, 2.45) is 5.92 Å². The first-order chi connectivity index (χ1) is 8.04. The van der Waals surface area contributed by atoms with E-state index >= 15 is 0 Å². The minimum absolute atomic E-state index is 0.0818. The molecule has 17 heavy (non-hydrogen) atoms. The molecule has 1 fully saturated rings. The lowest BCUT2D eigenvalue weighted by Gasteiger charge is -2.22. The Balaban J connectivity index is 2.32. The number of urea groups is 1. The van der Waals surface area contributed by atoms with Crippen molar-refractivity contribution in [3.63, 3.8) is 0 Å². The molecule has 0 aliphatic carbocycles. The van der Waals surface area contributed by atoms with Gasteiger partial charge in [0.2, 0.25) is 0 Å². The predicted molar refractivity (Wildman–Crippen MR) is 61.6 cm³/mol. The van der Waals surface area contributed by atoms with Crippen LogP contribution in [0.3, 0.4) is 0 Å². The maximum Gasteiger partial charge on any atom is 0.317 e. The highest BCUT2D eigenvalue weighted by Gasteiger charge is 2.22. The Bertz CT molecular complexity index is 277. The predicted octanol–water partition coefficient (Wildman–Crippen LogP) is 0.226. The monoisotopic (exact) mass is 244 g/mol. The van der Waals surface area contributed by atoms with E-state index in [0.717, 1.165) is 6.42 Å². The van der Waals surface area contributed by atoms with Crippen LogP contribution in [0.1, 0.15) is 13.3 Å². The summed E-state index contributed by atoms with van der Waals surface area (Å²) in [6.45, 7) is 3.32. The van der Waals surface area contributed by atoms with Crippen LogP contribution in [0.4, 0.5) is 4.79 Å². The zero-order valence-electron chi connectivity index (χ0n) is 10.6. The van der Waals surface area contributed by atoms with Crippen LogP contribution in [0.5, 0.6) is 0 Å². The van der Waals surface area contributed by atoms with E-state index in [4.69, 9.17) is 4.74 Å². The molecule has 6 heteroatoms. The highest BCUT2D eigenvalue weighted by Crippen LogP contribution is 2.05. The Morgan fingerprint density at radius 1 is 1.59 bits per heavy atom. The minimum atomic E-state index is -0.324. The first-order valence-electron chi connectivity index (χ1n) is 5.71. The number of carbonyl (C=O) groups excluding carboxylic acids is 2. The molecule has 0 aromatic rings. The van der Waals surface area contributed by atoms with Crippen LogP contribution in [0.15, 0.2) is 0 Å². The van der Waals surface area contributed by atoms with Crippen LogP contribution in [-0.4, -0.2) is 56.9 Å². The smallest absolute Gasteiger partial charge is 0.317 e. The number of amides is 2. The summed E-state index contributed by atoms with van der Waals surface area (Å²) >= 11 is 0. The molecule has 0 aromatic carbocycles. The van der Waals surface area contributed by atoms with Crippen molar-refractivity contribution in [1.82, 2.24) is 10.2 Å². The number of rotatable bonds is 4. The van der Waals surface area contributed by atoms with Gasteiger partial charge >= 0.3 is 12.0 Å². The Hall–Kier alpha value is -1.30. The van der Waals surface area contributed by atoms with E-state index in [1.165, 1.54) is 12.0 Å². The Morgan fingerprint density at radius 2 is 2.29 bits per heavy atom. The van der Waals surface area contributed by atoms with Gasteiger partial charge in [0.15, 0.2) is 0 Å². The second-order valence-electron chi connectivity index (χ2n) is 4.31. The highest BCUT2D eigenvalue weighted by molar-refractivity contribution is 5.76. The van der Waals surface area contributed by atoms with Gasteiger partial charge in [0.05, 0.1) is 25.7 Å². The summed E-state index contributed by atoms with van der Waals surface area (Å²) in [6.07, 6.45) is 0.839. The summed E-state index contributed by atoms with van der Waals surface area (Å²) in [5.74, 6) is -0.635. The van der Waals surface area contributed by atoms with Crippen molar-refractivity contribution in [2.45, 2.75) is 19.4 Å². The van der Waals surface area contributed by atoms with E-state index in [1.54, 1.807) is 14.0 Å². The summed E-state index contributed by atoms with van der Waals surface area (Å²) in [6, 6.07) is -0.102. The quantitative estimate of drug-likeness (QED) is 0.719. The molecule has 1 rings (SSSR count). The van der Waals surface area contributed by atoms with E-state index in [-0.39, 0.29) is 24.0 Å². The summed E-state index contributed by atoms with van der Waals surface area (Å²) < 4.78 is 9.78. The average molecular weight is 244 g/mol. The lowest BCUT2D eigenvalue weighted by Crippen LogP contribution is -2.45. The zero-order chi connectivity index (χ0) is 12.8. The molecule has 0 aromatic heterocycles. The number of methoxy groups -OCH3 is 1. The molecule has 2 atom stereocenters. The Kier molecular flexibility index (Phi) is 5.21. The van der Waals surface area contributed by atoms with E-state index < -0.39 is 0 Å². The molecule has 1 aliphatic rings. The van der Waals surface area contributed by atoms with Gasteiger partial charge in [0.1, 0.15) is 0 Å². The Morgan fingerprint density at radius 3 is 2.82 bits per heavy atom. The van der Waals surface area contributed by atoms with Crippen molar-refractivity contribution >= 4 is 12.0 Å². The third kappa shape index (κ3) is 4.22. The molecular weight excluding hydrogens is 224 g/mol. The molecule has 1 heterocycles. The van der Waals surface area contributed by atoms with E-state index in [2.05, 4.69) is 10.1 Å². The van der Waals surface area contributed by atoms with Crippen LogP contribution in [0, 0.1) is 5.92 Å². The van der Waals surface area contributed by atoms with Crippen molar-refractivity contribution in [1.29, 1.82) is 0 Å². The molecule has 1 aliphatic heterocycles. The number of nitrogens with zero attached hydrogens (tertiary/aromatic N) is 1. The average Bonchev–Trinajstić information content (AvgIpc) is 2.80. The molecule has 98 valence electrons. The van der Waals surface area contributed by atoms with E-state index in [9.17, 15) is 9.59 Å². The van der Waals surface area contributed by atoms with Crippen molar-refractivity contribution in [3.05, 3.63) is 0 Å².